The molecular weight excluding hydrogens is 256 g/mol. The van der Waals surface area contributed by atoms with Gasteiger partial charge in [-0.25, -0.2) is 4.79 Å². The average molecular weight is 280 g/mol. The normalized spacial score (nSPS) is 10.9. The first kappa shape index (κ1) is 16.1. The van der Waals surface area contributed by atoms with Crippen LogP contribution in [0.15, 0.2) is 18.2 Å². The predicted molar refractivity (Wildman–Crippen MR) is 80.7 cm³/mol. The van der Waals surface area contributed by atoms with Gasteiger partial charge in [-0.3, -0.25) is 0 Å². The molecule has 0 saturated heterocycles. The molecule has 0 spiro atoms. The maximum absolute atomic E-state index is 12.3. The fourth-order valence-corrected chi connectivity index (χ4v) is 1.99. The molecule has 0 aliphatic heterocycles. The van der Waals surface area contributed by atoms with Gasteiger partial charge in [0.25, 0.3) is 0 Å². The van der Waals surface area contributed by atoms with Crippen LogP contribution in [0.2, 0.25) is 0 Å². The molecule has 20 heavy (non-hydrogen) atoms. The van der Waals surface area contributed by atoms with Crippen molar-refractivity contribution >= 4 is 11.7 Å². The van der Waals surface area contributed by atoms with E-state index in [1.54, 1.807) is 37.3 Å². The summed E-state index contributed by atoms with van der Waals surface area (Å²) in [6.07, 6.45) is 0. The Labute approximate surface area is 120 Å². The lowest BCUT2D eigenvalue weighted by Gasteiger charge is -2.34. The Morgan fingerprint density at radius 3 is 2.00 bits per heavy atom. The summed E-state index contributed by atoms with van der Waals surface area (Å²) in [5.41, 5.74) is 0.413. The molecule has 0 saturated carbocycles. The molecular formula is C15H24N2O3. The summed E-state index contributed by atoms with van der Waals surface area (Å²) in [5.74, 6) is 1.27. The topological polar surface area (TPSA) is 50.8 Å². The summed E-state index contributed by atoms with van der Waals surface area (Å²) < 4.78 is 10.4. The second kappa shape index (κ2) is 6.50. The fourth-order valence-electron chi connectivity index (χ4n) is 1.99. The fraction of sp³-hybridized carbons (Fsp3) is 0.533. The van der Waals surface area contributed by atoms with Crippen LogP contribution in [-0.4, -0.2) is 37.2 Å². The van der Waals surface area contributed by atoms with E-state index in [1.807, 2.05) is 27.7 Å². The maximum Gasteiger partial charge on any atom is 0.322 e. The smallest absolute Gasteiger partial charge is 0.322 e. The van der Waals surface area contributed by atoms with Crippen LogP contribution in [0.5, 0.6) is 11.5 Å². The van der Waals surface area contributed by atoms with E-state index in [9.17, 15) is 4.79 Å². The predicted octanol–water partition coefficient (Wildman–Crippen LogP) is 3.36. The Balaban J connectivity index is 2.94. The second-order valence-electron chi connectivity index (χ2n) is 5.45. The zero-order valence-electron chi connectivity index (χ0n) is 13.1. The van der Waals surface area contributed by atoms with Crippen LogP contribution in [0.25, 0.3) is 0 Å². The molecule has 5 heteroatoms. The van der Waals surface area contributed by atoms with E-state index in [1.165, 1.54) is 0 Å². The standard InChI is InChI=1S/C15H24N2O3/c1-7-17(15(2,3)4)14(18)16-11-8-12(19-5)10-13(9-11)20-6/h8-10H,7H2,1-6H3,(H,16,18). The zero-order valence-corrected chi connectivity index (χ0v) is 13.1. The van der Waals surface area contributed by atoms with E-state index in [-0.39, 0.29) is 11.6 Å². The van der Waals surface area contributed by atoms with E-state index in [2.05, 4.69) is 5.32 Å². The van der Waals surface area contributed by atoms with Crippen molar-refractivity contribution in [3.8, 4) is 11.5 Å². The molecule has 5 nitrogen and oxygen atoms in total. The first-order chi connectivity index (χ1) is 9.31. The average Bonchev–Trinajstić information content (AvgIpc) is 2.37. The largest absolute Gasteiger partial charge is 0.497 e. The van der Waals surface area contributed by atoms with Crippen molar-refractivity contribution < 1.29 is 14.3 Å². The van der Waals surface area contributed by atoms with E-state index >= 15 is 0 Å². The molecule has 0 radical (unpaired) electrons. The molecule has 0 aromatic heterocycles. The summed E-state index contributed by atoms with van der Waals surface area (Å²) in [6.45, 7) is 8.60. The highest BCUT2D eigenvalue weighted by Gasteiger charge is 2.24. The number of hydrogen-bond acceptors (Lipinski definition) is 3. The van der Waals surface area contributed by atoms with Gasteiger partial charge in [-0.05, 0) is 27.7 Å². The molecule has 1 aromatic rings. The number of urea groups is 1. The minimum absolute atomic E-state index is 0.143. The number of ether oxygens (including phenoxy) is 2. The van der Waals surface area contributed by atoms with Gasteiger partial charge in [-0.15, -0.1) is 0 Å². The number of carbonyl (C=O) groups excluding carboxylic acids is 1. The molecule has 1 rings (SSSR count). The molecule has 0 heterocycles. The molecule has 0 atom stereocenters. The maximum atomic E-state index is 12.3. The quantitative estimate of drug-likeness (QED) is 0.920. The van der Waals surface area contributed by atoms with Crippen molar-refractivity contribution in [3.05, 3.63) is 18.2 Å². The van der Waals surface area contributed by atoms with Crippen molar-refractivity contribution in [1.29, 1.82) is 0 Å². The van der Waals surface area contributed by atoms with Gasteiger partial charge >= 0.3 is 6.03 Å². The highest BCUT2D eigenvalue weighted by molar-refractivity contribution is 5.90. The zero-order chi connectivity index (χ0) is 15.3. The summed E-state index contributed by atoms with van der Waals surface area (Å²) >= 11 is 0. The highest BCUT2D eigenvalue weighted by atomic mass is 16.5. The van der Waals surface area contributed by atoms with Crippen LogP contribution in [-0.2, 0) is 0 Å². The number of hydrogen-bond donors (Lipinski definition) is 1. The van der Waals surface area contributed by atoms with Crippen LogP contribution >= 0.6 is 0 Å². The number of anilines is 1. The van der Waals surface area contributed by atoms with Gasteiger partial charge in [-0.2, -0.15) is 0 Å². The van der Waals surface area contributed by atoms with Crippen LogP contribution in [0.3, 0.4) is 0 Å². The molecule has 0 fully saturated rings. The van der Waals surface area contributed by atoms with Crippen LogP contribution in [0.1, 0.15) is 27.7 Å². The van der Waals surface area contributed by atoms with Crippen molar-refractivity contribution in [2.24, 2.45) is 0 Å². The third kappa shape index (κ3) is 4.05. The Bertz CT molecular complexity index is 444. The van der Waals surface area contributed by atoms with E-state index in [4.69, 9.17) is 9.47 Å². The SMILES string of the molecule is CCN(C(=O)Nc1cc(OC)cc(OC)c1)C(C)(C)C. The number of amides is 2. The van der Waals surface area contributed by atoms with Crippen molar-refractivity contribution in [3.63, 3.8) is 0 Å². The molecule has 1 N–H and O–H groups in total. The number of benzene rings is 1. The first-order valence-electron chi connectivity index (χ1n) is 6.63. The van der Waals surface area contributed by atoms with E-state index < -0.39 is 0 Å². The Morgan fingerprint density at radius 1 is 1.15 bits per heavy atom. The van der Waals surface area contributed by atoms with Crippen molar-refractivity contribution in [2.45, 2.75) is 33.2 Å². The van der Waals surface area contributed by atoms with Gasteiger partial charge < -0.3 is 19.7 Å². The number of carbonyl (C=O) groups is 1. The third-order valence-electron chi connectivity index (χ3n) is 2.97. The van der Waals surface area contributed by atoms with Crippen molar-refractivity contribution in [2.75, 3.05) is 26.1 Å². The van der Waals surface area contributed by atoms with Crippen LogP contribution < -0.4 is 14.8 Å². The van der Waals surface area contributed by atoms with Gasteiger partial charge in [0.15, 0.2) is 0 Å². The monoisotopic (exact) mass is 280 g/mol. The van der Waals surface area contributed by atoms with Gasteiger partial charge in [0.1, 0.15) is 11.5 Å². The lowest BCUT2D eigenvalue weighted by Crippen LogP contribution is -2.47. The summed E-state index contributed by atoms with van der Waals surface area (Å²) in [5, 5.41) is 2.88. The molecule has 1 aromatic carbocycles. The van der Waals surface area contributed by atoms with Gasteiger partial charge in [0, 0.05) is 36.0 Å². The van der Waals surface area contributed by atoms with E-state index in [0.717, 1.165) is 0 Å². The summed E-state index contributed by atoms with van der Waals surface area (Å²) in [4.78, 5) is 14.1. The molecule has 2 amide bonds. The molecule has 0 bridgehead atoms. The lowest BCUT2D eigenvalue weighted by molar-refractivity contribution is 0.162. The molecule has 0 aliphatic carbocycles. The van der Waals surface area contributed by atoms with Gasteiger partial charge in [0.05, 0.1) is 14.2 Å². The number of methoxy groups -OCH3 is 2. The molecule has 0 unspecified atom stereocenters. The number of nitrogens with one attached hydrogen (secondary N) is 1. The lowest BCUT2D eigenvalue weighted by atomic mass is 10.1. The number of nitrogens with zero attached hydrogens (tertiary/aromatic N) is 1. The molecule has 0 aliphatic rings. The minimum atomic E-state index is -0.234. The third-order valence-corrected chi connectivity index (χ3v) is 2.97. The van der Waals surface area contributed by atoms with Gasteiger partial charge in [-0.1, -0.05) is 0 Å². The summed E-state index contributed by atoms with van der Waals surface area (Å²) in [7, 11) is 3.15. The Hall–Kier alpha value is -1.91. The van der Waals surface area contributed by atoms with Crippen LogP contribution in [0, 0.1) is 0 Å². The number of rotatable bonds is 4. The van der Waals surface area contributed by atoms with Crippen molar-refractivity contribution in [1.82, 2.24) is 4.90 Å². The summed E-state index contributed by atoms with van der Waals surface area (Å²) in [6, 6.07) is 5.14. The van der Waals surface area contributed by atoms with Crippen LogP contribution in [0.4, 0.5) is 10.5 Å². The highest BCUT2D eigenvalue weighted by Crippen LogP contribution is 2.26. The van der Waals surface area contributed by atoms with E-state index in [0.29, 0.717) is 23.7 Å². The second-order valence-corrected chi connectivity index (χ2v) is 5.45. The Morgan fingerprint density at radius 2 is 1.65 bits per heavy atom. The first-order valence-corrected chi connectivity index (χ1v) is 6.63. The minimum Gasteiger partial charge on any atom is -0.497 e. The molecule has 112 valence electrons. The Kier molecular flexibility index (Phi) is 5.25. The van der Waals surface area contributed by atoms with Gasteiger partial charge in [0.2, 0.25) is 0 Å².